The van der Waals surface area contributed by atoms with E-state index in [1.807, 2.05) is 0 Å². The average Bonchev–Trinajstić information content (AvgIpc) is 2.63. The van der Waals surface area contributed by atoms with Gasteiger partial charge in [-0.05, 0) is 71.5 Å². The Morgan fingerprint density at radius 1 is 1.04 bits per heavy atom. The van der Waals surface area contributed by atoms with E-state index in [-0.39, 0.29) is 24.0 Å². The van der Waals surface area contributed by atoms with E-state index in [0.29, 0.717) is 6.04 Å². The lowest BCUT2D eigenvalue weighted by Gasteiger charge is -2.33. The molecule has 0 bridgehead atoms. The number of nitrogens with one attached hydrogen (secondary N) is 2. The molecule has 27 heavy (non-hydrogen) atoms. The van der Waals surface area contributed by atoms with E-state index in [4.69, 9.17) is 4.99 Å². The normalized spacial score (nSPS) is 20.9. The van der Waals surface area contributed by atoms with Crippen molar-refractivity contribution in [2.75, 3.05) is 52.4 Å². The van der Waals surface area contributed by atoms with Gasteiger partial charge in [0.1, 0.15) is 0 Å². The van der Waals surface area contributed by atoms with Crippen LogP contribution in [0.15, 0.2) is 17.1 Å². The minimum atomic E-state index is 0. The number of hydrogen-bond donors (Lipinski definition) is 2. The lowest BCUT2D eigenvalue weighted by molar-refractivity contribution is 0.188. The van der Waals surface area contributed by atoms with Crippen LogP contribution in [-0.4, -0.2) is 74.2 Å². The molecule has 2 rings (SSSR count). The van der Waals surface area contributed by atoms with Gasteiger partial charge in [0.25, 0.3) is 0 Å². The largest absolute Gasteiger partial charge is 0.357 e. The fourth-order valence-electron chi connectivity index (χ4n) is 4.08. The summed E-state index contributed by atoms with van der Waals surface area (Å²) in [7, 11) is 0. The molecule has 0 aromatic carbocycles. The Bertz CT molecular complexity index is 438. The van der Waals surface area contributed by atoms with Crippen LogP contribution in [0.5, 0.6) is 0 Å². The molecule has 2 saturated heterocycles. The van der Waals surface area contributed by atoms with Crippen molar-refractivity contribution in [3.63, 3.8) is 0 Å². The third kappa shape index (κ3) is 9.61. The molecular formula is C21H42IN5. The molecule has 0 aromatic rings. The molecule has 0 unspecified atom stereocenters. The molecule has 6 heteroatoms. The van der Waals surface area contributed by atoms with Crippen molar-refractivity contribution in [2.45, 2.75) is 58.9 Å². The molecule has 2 heterocycles. The fourth-order valence-corrected chi connectivity index (χ4v) is 4.08. The highest BCUT2D eigenvalue weighted by atomic mass is 127. The van der Waals surface area contributed by atoms with E-state index in [1.54, 1.807) is 0 Å². The first-order chi connectivity index (χ1) is 12.6. The number of aliphatic imine (C=N–C) groups is 1. The van der Waals surface area contributed by atoms with Gasteiger partial charge in [-0.25, -0.2) is 0 Å². The lowest BCUT2D eigenvalue weighted by atomic mass is 9.94. The number of halogens is 1. The molecule has 0 spiro atoms. The zero-order valence-electron chi connectivity index (χ0n) is 17.8. The van der Waals surface area contributed by atoms with Crippen LogP contribution in [0.3, 0.4) is 0 Å². The second-order valence-electron chi connectivity index (χ2n) is 8.08. The van der Waals surface area contributed by atoms with Crippen molar-refractivity contribution in [3.8, 4) is 0 Å². The molecule has 2 fully saturated rings. The highest BCUT2D eigenvalue weighted by Crippen LogP contribution is 2.20. The molecule has 0 aromatic heterocycles. The zero-order chi connectivity index (χ0) is 18.8. The zero-order valence-corrected chi connectivity index (χ0v) is 20.1. The summed E-state index contributed by atoms with van der Waals surface area (Å²) in [4.78, 5) is 9.93. The number of nitrogens with zero attached hydrogens (tertiary/aromatic N) is 3. The number of rotatable bonds is 8. The summed E-state index contributed by atoms with van der Waals surface area (Å²) in [6.07, 6.45) is 6.29. The van der Waals surface area contributed by atoms with Gasteiger partial charge >= 0.3 is 0 Å². The third-order valence-electron chi connectivity index (χ3n) is 5.73. The van der Waals surface area contributed by atoms with Gasteiger partial charge in [-0.1, -0.05) is 19.1 Å². The maximum Gasteiger partial charge on any atom is 0.191 e. The minimum absolute atomic E-state index is 0. The van der Waals surface area contributed by atoms with E-state index in [0.717, 1.165) is 44.6 Å². The molecule has 2 aliphatic heterocycles. The Morgan fingerprint density at radius 3 is 2.22 bits per heavy atom. The summed E-state index contributed by atoms with van der Waals surface area (Å²) in [6.45, 7) is 19.5. The predicted octanol–water partition coefficient (Wildman–Crippen LogP) is 3.32. The van der Waals surface area contributed by atoms with Gasteiger partial charge in [0, 0.05) is 38.8 Å². The number of piperidine rings is 2. The van der Waals surface area contributed by atoms with Crippen molar-refractivity contribution < 1.29 is 0 Å². The highest BCUT2D eigenvalue weighted by Gasteiger charge is 2.20. The molecule has 2 N–H and O–H groups in total. The van der Waals surface area contributed by atoms with Crippen LogP contribution in [0.1, 0.15) is 52.9 Å². The van der Waals surface area contributed by atoms with Crippen LogP contribution < -0.4 is 10.6 Å². The Balaban J connectivity index is 0.00000364. The van der Waals surface area contributed by atoms with E-state index < -0.39 is 0 Å². The molecule has 0 atom stereocenters. The van der Waals surface area contributed by atoms with E-state index in [1.165, 1.54) is 57.3 Å². The molecule has 2 aliphatic rings. The SMILES string of the molecule is C=C(C)CN1CCC(NC(=NCCC2CCN(CC)CC2)NCC)CC1.I. The van der Waals surface area contributed by atoms with Crippen LogP contribution in [0.2, 0.25) is 0 Å². The van der Waals surface area contributed by atoms with Crippen LogP contribution in [0.4, 0.5) is 0 Å². The van der Waals surface area contributed by atoms with Gasteiger partial charge in [0.2, 0.25) is 0 Å². The first kappa shape index (κ1) is 24.7. The van der Waals surface area contributed by atoms with Crippen LogP contribution in [-0.2, 0) is 0 Å². The van der Waals surface area contributed by atoms with Crippen molar-refractivity contribution in [2.24, 2.45) is 10.9 Å². The summed E-state index contributed by atoms with van der Waals surface area (Å²) >= 11 is 0. The molecule has 0 aliphatic carbocycles. The predicted molar refractivity (Wildman–Crippen MR) is 128 cm³/mol. The molecular weight excluding hydrogens is 449 g/mol. The third-order valence-corrected chi connectivity index (χ3v) is 5.73. The Kier molecular flexibility index (Phi) is 12.6. The van der Waals surface area contributed by atoms with Gasteiger partial charge in [0.15, 0.2) is 5.96 Å². The van der Waals surface area contributed by atoms with Gasteiger partial charge in [-0.3, -0.25) is 9.89 Å². The van der Waals surface area contributed by atoms with E-state index in [2.05, 4.69) is 47.8 Å². The Morgan fingerprint density at radius 2 is 1.67 bits per heavy atom. The van der Waals surface area contributed by atoms with E-state index in [9.17, 15) is 0 Å². The van der Waals surface area contributed by atoms with Crippen molar-refractivity contribution in [1.82, 2.24) is 20.4 Å². The summed E-state index contributed by atoms with van der Waals surface area (Å²) in [6, 6.07) is 0.543. The summed E-state index contributed by atoms with van der Waals surface area (Å²) in [5, 5.41) is 7.10. The van der Waals surface area contributed by atoms with Crippen molar-refractivity contribution in [1.29, 1.82) is 0 Å². The second-order valence-corrected chi connectivity index (χ2v) is 8.08. The molecule has 0 saturated carbocycles. The first-order valence-corrected chi connectivity index (χ1v) is 10.7. The number of likely N-dealkylation sites (tertiary alicyclic amines) is 2. The number of guanidine groups is 1. The molecule has 0 amide bonds. The molecule has 158 valence electrons. The Labute approximate surface area is 184 Å². The summed E-state index contributed by atoms with van der Waals surface area (Å²) < 4.78 is 0. The first-order valence-electron chi connectivity index (χ1n) is 10.7. The standard InChI is InChI=1S/C21H41N5.HI/c1-5-22-21(23-12-7-19-8-13-25(6-2)14-9-19)24-20-10-15-26(16-11-20)17-18(3)4;/h19-20H,3,5-17H2,1-2,4H3,(H2,22,23,24);1H. The second kappa shape index (κ2) is 13.8. The highest BCUT2D eigenvalue weighted by molar-refractivity contribution is 14.0. The molecule has 0 radical (unpaired) electrons. The smallest absolute Gasteiger partial charge is 0.191 e. The quantitative estimate of drug-likeness (QED) is 0.237. The maximum absolute atomic E-state index is 4.86. The fraction of sp³-hybridized carbons (Fsp3) is 0.857. The lowest BCUT2D eigenvalue weighted by Crippen LogP contribution is -2.49. The minimum Gasteiger partial charge on any atom is -0.357 e. The monoisotopic (exact) mass is 491 g/mol. The van der Waals surface area contributed by atoms with Crippen LogP contribution in [0, 0.1) is 5.92 Å². The average molecular weight is 492 g/mol. The van der Waals surface area contributed by atoms with Crippen molar-refractivity contribution in [3.05, 3.63) is 12.2 Å². The maximum atomic E-state index is 4.86. The van der Waals surface area contributed by atoms with Gasteiger partial charge < -0.3 is 15.5 Å². The summed E-state index contributed by atoms with van der Waals surface area (Å²) in [5.41, 5.74) is 1.26. The van der Waals surface area contributed by atoms with Gasteiger partial charge in [-0.15, -0.1) is 24.0 Å². The molecule has 5 nitrogen and oxygen atoms in total. The van der Waals surface area contributed by atoms with Crippen molar-refractivity contribution >= 4 is 29.9 Å². The van der Waals surface area contributed by atoms with Crippen LogP contribution >= 0.6 is 24.0 Å². The Hall–Kier alpha value is -0.340. The van der Waals surface area contributed by atoms with E-state index >= 15 is 0 Å². The van der Waals surface area contributed by atoms with Crippen LogP contribution in [0.25, 0.3) is 0 Å². The summed E-state index contributed by atoms with van der Waals surface area (Å²) in [5.74, 6) is 1.87. The van der Waals surface area contributed by atoms with Gasteiger partial charge in [-0.2, -0.15) is 0 Å². The topological polar surface area (TPSA) is 42.9 Å². The number of hydrogen-bond acceptors (Lipinski definition) is 3. The van der Waals surface area contributed by atoms with Gasteiger partial charge in [0.05, 0.1) is 0 Å².